The lowest BCUT2D eigenvalue weighted by Gasteiger charge is -2.09. The summed E-state index contributed by atoms with van der Waals surface area (Å²) in [4.78, 5) is 16.5. The molecule has 4 nitrogen and oxygen atoms in total. The van der Waals surface area contributed by atoms with Crippen molar-refractivity contribution in [2.75, 3.05) is 5.32 Å². The van der Waals surface area contributed by atoms with Gasteiger partial charge in [-0.1, -0.05) is 24.8 Å². The molecule has 2 aromatic carbocycles. The number of hydrogen-bond donors (Lipinski definition) is 2. The zero-order chi connectivity index (χ0) is 15.5. The third-order valence-electron chi connectivity index (χ3n) is 3.41. The van der Waals surface area contributed by atoms with Gasteiger partial charge in [0, 0.05) is 17.1 Å². The Labute approximate surface area is 127 Å². The number of pyridine rings is 1. The Morgan fingerprint density at radius 1 is 1.14 bits per heavy atom. The van der Waals surface area contributed by atoms with E-state index in [0.29, 0.717) is 22.2 Å². The van der Waals surface area contributed by atoms with E-state index in [4.69, 9.17) is 0 Å². The van der Waals surface area contributed by atoms with E-state index in [0.717, 1.165) is 5.56 Å². The molecule has 0 spiro atoms. The molecule has 0 aliphatic heterocycles. The number of anilines is 1. The van der Waals surface area contributed by atoms with Crippen molar-refractivity contribution in [1.29, 1.82) is 0 Å². The molecule has 3 aromatic rings. The molecule has 1 heterocycles. The van der Waals surface area contributed by atoms with Crippen LogP contribution in [0.5, 0.6) is 5.75 Å². The normalized spacial score (nSPS) is 10.4. The van der Waals surface area contributed by atoms with Gasteiger partial charge in [-0.2, -0.15) is 0 Å². The standard InChI is InChI=1S/C18H14N2O2/c1-2-12-5-7-13(8-6-12)18(22)20-15-9-10-16(21)17-14(15)4-3-11-19-17/h2-11,21H,1H2,(H,20,22). The molecule has 0 saturated carbocycles. The van der Waals surface area contributed by atoms with Crippen LogP contribution in [0.15, 0.2) is 61.3 Å². The highest BCUT2D eigenvalue weighted by atomic mass is 16.3. The molecule has 22 heavy (non-hydrogen) atoms. The molecule has 2 N–H and O–H groups in total. The zero-order valence-electron chi connectivity index (χ0n) is 11.8. The first-order chi connectivity index (χ1) is 10.7. The van der Waals surface area contributed by atoms with Crippen LogP contribution in [0, 0.1) is 0 Å². The molecule has 108 valence electrons. The van der Waals surface area contributed by atoms with Gasteiger partial charge in [0.2, 0.25) is 0 Å². The van der Waals surface area contributed by atoms with Gasteiger partial charge in [-0.3, -0.25) is 9.78 Å². The monoisotopic (exact) mass is 290 g/mol. The van der Waals surface area contributed by atoms with E-state index in [1.54, 1.807) is 42.6 Å². The fourth-order valence-corrected chi connectivity index (χ4v) is 2.23. The minimum absolute atomic E-state index is 0.0870. The lowest BCUT2D eigenvalue weighted by molar-refractivity contribution is 0.102. The van der Waals surface area contributed by atoms with Crippen LogP contribution in [0.1, 0.15) is 15.9 Å². The topological polar surface area (TPSA) is 62.2 Å². The Kier molecular flexibility index (Phi) is 3.58. The van der Waals surface area contributed by atoms with Crippen molar-refractivity contribution < 1.29 is 9.90 Å². The summed E-state index contributed by atoms with van der Waals surface area (Å²) in [5.74, 6) is -0.129. The number of aromatic hydroxyl groups is 1. The first-order valence-corrected chi connectivity index (χ1v) is 6.79. The highest BCUT2D eigenvalue weighted by Gasteiger charge is 2.10. The number of carbonyl (C=O) groups is 1. The van der Waals surface area contributed by atoms with Crippen molar-refractivity contribution in [3.63, 3.8) is 0 Å². The average molecular weight is 290 g/mol. The Balaban J connectivity index is 1.94. The summed E-state index contributed by atoms with van der Waals surface area (Å²) < 4.78 is 0. The second-order valence-electron chi connectivity index (χ2n) is 4.81. The number of nitrogens with one attached hydrogen (secondary N) is 1. The highest BCUT2D eigenvalue weighted by molar-refractivity contribution is 6.09. The van der Waals surface area contributed by atoms with Gasteiger partial charge in [-0.15, -0.1) is 0 Å². The lowest BCUT2D eigenvalue weighted by Crippen LogP contribution is -2.12. The predicted octanol–water partition coefficient (Wildman–Crippen LogP) is 3.84. The molecular weight excluding hydrogens is 276 g/mol. The van der Waals surface area contributed by atoms with E-state index < -0.39 is 0 Å². The van der Waals surface area contributed by atoms with Crippen LogP contribution >= 0.6 is 0 Å². The number of amides is 1. The van der Waals surface area contributed by atoms with E-state index in [2.05, 4.69) is 16.9 Å². The second kappa shape index (κ2) is 5.69. The molecule has 0 radical (unpaired) electrons. The number of carbonyl (C=O) groups excluding carboxylic acids is 1. The minimum Gasteiger partial charge on any atom is -0.506 e. The quantitative estimate of drug-likeness (QED) is 0.720. The summed E-state index contributed by atoms with van der Waals surface area (Å²) in [5, 5.41) is 13.4. The lowest BCUT2D eigenvalue weighted by atomic mass is 10.1. The molecule has 0 saturated heterocycles. The fraction of sp³-hybridized carbons (Fsp3) is 0. The molecule has 0 aliphatic rings. The van der Waals surface area contributed by atoms with E-state index in [-0.39, 0.29) is 11.7 Å². The molecule has 3 rings (SSSR count). The van der Waals surface area contributed by atoms with Crippen molar-refractivity contribution in [2.24, 2.45) is 0 Å². The fourth-order valence-electron chi connectivity index (χ4n) is 2.23. The number of rotatable bonds is 3. The summed E-state index contributed by atoms with van der Waals surface area (Å²) in [5.41, 5.74) is 2.58. The van der Waals surface area contributed by atoms with Crippen LogP contribution in [0.25, 0.3) is 17.0 Å². The smallest absolute Gasteiger partial charge is 0.255 e. The SMILES string of the molecule is C=Cc1ccc(C(=O)Nc2ccc(O)c3ncccc23)cc1. The molecular formula is C18H14N2O2. The van der Waals surface area contributed by atoms with Gasteiger partial charge < -0.3 is 10.4 Å². The number of phenols is 1. The van der Waals surface area contributed by atoms with Gasteiger partial charge in [0.05, 0.1) is 5.69 Å². The summed E-state index contributed by atoms with van der Waals surface area (Å²) in [7, 11) is 0. The van der Waals surface area contributed by atoms with Crippen molar-refractivity contribution in [3.8, 4) is 5.75 Å². The van der Waals surface area contributed by atoms with Gasteiger partial charge in [-0.05, 0) is 42.0 Å². The van der Waals surface area contributed by atoms with Crippen LogP contribution in [0.3, 0.4) is 0 Å². The zero-order valence-corrected chi connectivity index (χ0v) is 11.8. The maximum Gasteiger partial charge on any atom is 0.255 e. The van der Waals surface area contributed by atoms with E-state index in [1.165, 1.54) is 6.07 Å². The molecule has 4 heteroatoms. The minimum atomic E-state index is -0.216. The van der Waals surface area contributed by atoms with Crippen LogP contribution in [-0.2, 0) is 0 Å². The number of phenolic OH excluding ortho intramolecular Hbond substituents is 1. The van der Waals surface area contributed by atoms with Crippen molar-refractivity contribution >= 4 is 28.6 Å². The first kappa shape index (κ1) is 13.8. The molecule has 0 unspecified atom stereocenters. The number of fused-ring (bicyclic) bond motifs is 1. The molecule has 0 fully saturated rings. The number of hydrogen-bond acceptors (Lipinski definition) is 3. The molecule has 0 bridgehead atoms. The second-order valence-corrected chi connectivity index (χ2v) is 4.81. The van der Waals surface area contributed by atoms with Gasteiger partial charge in [0.1, 0.15) is 11.3 Å². The maximum atomic E-state index is 12.3. The van der Waals surface area contributed by atoms with Gasteiger partial charge in [0.15, 0.2) is 0 Å². The van der Waals surface area contributed by atoms with Gasteiger partial charge >= 0.3 is 0 Å². The van der Waals surface area contributed by atoms with Crippen LogP contribution in [0.2, 0.25) is 0 Å². The molecule has 0 atom stereocenters. The summed E-state index contributed by atoms with van der Waals surface area (Å²) >= 11 is 0. The first-order valence-electron chi connectivity index (χ1n) is 6.79. The Bertz CT molecular complexity index is 855. The maximum absolute atomic E-state index is 12.3. The summed E-state index contributed by atoms with van der Waals surface area (Å²) in [6, 6.07) is 13.9. The molecule has 1 aromatic heterocycles. The molecule has 0 aliphatic carbocycles. The Morgan fingerprint density at radius 2 is 1.91 bits per heavy atom. The summed E-state index contributed by atoms with van der Waals surface area (Å²) in [6.45, 7) is 3.68. The Morgan fingerprint density at radius 3 is 2.64 bits per heavy atom. The number of nitrogens with zero attached hydrogens (tertiary/aromatic N) is 1. The van der Waals surface area contributed by atoms with Crippen LogP contribution < -0.4 is 5.32 Å². The van der Waals surface area contributed by atoms with E-state index in [1.807, 2.05) is 12.1 Å². The average Bonchev–Trinajstić information content (AvgIpc) is 2.57. The Hall–Kier alpha value is -3.14. The third kappa shape index (κ3) is 2.54. The van der Waals surface area contributed by atoms with E-state index >= 15 is 0 Å². The summed E-state index contributed by atoms with van der Waals surface area (Å²) in [6.07, 6.45) is 3.32. The number of aromatic nitrogens is 1. The van der Waals surface area contributed by atoms with Crippen molar-refractivity contribution in [1.82, 2.24) is 4.98 Å². The van der Waals surface area contributed by atoms with E-state index in [9.17, 15) is 9.90 Å². The molecule has 1 amide bonds. The number of benzene rings is 2. The third-order valence-corrected chi connectivity index (χ3v) is 3.41. The van der Waals surface area contributed by atoms with Gasteiger partial charge in [0.25, 0.3) is 5.91 Å². The van der Waals surface area contributed by atoms with Crippen LogP contribution in [0.4, 0.5) is 5.69 Å². The van der Waals surface area contributed by atoms with Crippen molar-refractivity contribution in [3.05, 3.63) is 72.4 Å². The van der Waals surface area contributed by atoms with Gasteiger partial charge in [-0.25, -0.2) is 0 Å². The predicted molar refractivity (Wildman–Crippen MR) is 87.9 cm³/mol. The highest BCUT2D eigenvalue weighted by Crippen LogP contribution is 2.29. The van der Waals surface area contributed by atoms with Crippen LogP contribution in [-0.4, -0.2) is 16.0 Å². The largest absolute Gasteiger partial charge is 0.506 e. The van der Waals surface area contributed by atoms with Crippen molar-refractivity contribution in [2.45, 2.75) is 0 Å².